The predicted molar refractivity (Wildman–Crippen MR) is 74.9 cm³/mol. The standard InChI is InChI=1S/C16H26O4/c1-8-6-9(17)11-12-10(8)13(19-5)20-7-16(12,4)14(18)15(11,2)3/h8-9,11,13-14,17-18H,6-7H2,1-5H3. The fourth-order valence-electron chi connectivity index (χ4n) is 5.00. The summed E-state index contributed by atoms with van der Waals surface area (Å²) in [5, 5.41) is 21.5. The number of hydrogen-bond donors (Lipinski definition) is 2. The van der Waals surface area contributed by atoms with E-state index < -0.39 is 17.6 Å². The van der Waals surface area contributed by atoms with Gasteiger partial charge in [-0.3, -0.25) is 0 Å². The minimum atomic E-state index is -0.511. The Morgan fingerprint density at radius 2 is 1.90 bits per heavy atom. The van der Waals surface area contributed by atoms with Crippen LogP contribution in [-0.2, 0) is 9.47 Å². The molecule has 1 fully saturated rings. The molecule has 0 saturated heterocycles. The zero-order chi connectivity index (χ0) is 14.9. The van der Waals surface area contributed by atoms with Gasteiger partial charge in [-0.25, -0.2) is 0 Å². The first-order valence-corrected chi connectivity index (χ1v) is 7.50. The molecule has 0 aromatic carbocycles. The molecule has 1 heterocycles. The molecule has 4 heteroatoms. The second-order valence-corrected chi connectivity index (χ2v) is 7.57. The largest absolute Gasteiger partial charge is 0.392 e. The molecule has 4 nitrogen and oxygen atoms in total. The van der Waals surface area contributed by atoms with Gasteiger partial charge < -0.3 is 19.7 Å². The van der Waals surface area contributed by atoms with E-state index in [-0.39, 0.29) is 23.5 Å². The van der Waals surface area contributed by atoms with Crippen LogP contribution in [0.25, 0.3) is 0 Å². The molecule has 0 spiro atoms. The van der Waals surface area contributed by atoms with Gasteiger partial charge in [-0.2, -0.15) is 0 Å². The van der Waals surface area contributed by atoms with Crippen LogP contribution < -0.4 is 0 Å². The second-order valence-electron chi connectivity index (χ2n) is 7.57. The molecule has 3 rings (SSSR count). The predicted octanol–water partition coefficient (Wildman–Crippen LogP) is 1.71. The molecule has 3 aliphatic rings. The van der Waals surface area contributed by atoms with Crippen LogP contribution in [0.15, 0.2) is 11.1 Å². The lowest BCUT2D eigenvalue weighted by Gasteiger charge is -2.45. The number of aliphatic hydroxyl groups is 2. The summed E-state index contributed by atoms with van der Waals surface area (Å²) in [5.41, 5.74) is 1.59. The Bertz CT molecular complexity index is 455. The quantitative estimate of drug-likeness (QED) is 0.719. The van der Waals surface area contributed by atoms with Gasteiger partial charge in [0.15, 0.2) is 6.29 Å². The first-order chi connectivity index (χ1) is 9.25. The maximum Gasteiger partial charge on any atom is 0.180 e. The van der Waals surface area contributed by atoms with Gasteiger partial charge in [0, 0.05) is 23.9 Å². The van der Waals surface area contributed by atoms with Gasteiger partial charge in [0.05, 0.1) is 18.8 Å². The van der Waals surface area contributed by atoms with Gasteiger partial charge in [0.25, 0.3) is 0 Å². The summed E-state index contributed by atoms with van der Waals surface area (Å²) >= 11 is 0. The Morgan fingerprint density at radius 1 is 1.25 bits per heavy atom. The monoisotopic (exact) mass is 282 g/mol. The number of rotatable bonds is 1. The third kappa shape index (κ3) is 1.56. The van der Waals surface area contributed by atoms with Crippen molar-refractivity contribution < 1.29 is 19.7 Å². The number of ether oxygens (including phenoxy) is 2. The van der Waals surface area contributed by atoms with Gasteiger partial charge >= 0.3 is 0 Å². The summed E-state index contributed by atoms with van der Waals surface area (Å²) in [6, 6.07) is 0. The maximum atomic E-state index is 10.9. The Hall–Kier alpha value is -0.420. The van der Waals surface area contributed by atoms with Crippen LogP contribution in [0.4, 0.5) is 0 Å². The van der Waals surface area contributed by atoms with Gasteiger partial charge in [0.1, 0.15) is 0 Å². The van der Waals surface area contributed by atoms with Gasteiger partial charge in [0.2, 0.25) is 0 Å². The SMILES string of the molecule is COC1OCC2(C)C3=C1C(C)CC(O)C3C(C)(C)C2O. The summed E-state index contributed by atoms with van der Waals surface area (Å²) in [7, 11) is 1.66. The molecule has 20 heavy (non-hydrogen) atoms. The van der Waals surface area contributed by atoms with Crippen molar-refractivity contribution in [2.24, 2.45) is 22.7 Å². The molecule has 0 aromatic rings. The van der Waals surface area contributed by atoms with E-state index in [1.807, 2.05) is 0 Å². The van der Waals surface area contributed by atoms with Crippen molar-refractivity contribution in [2.75, 3.05) is 13.7 Å². The van der Waals surface area contributed by atoms with Crippen LogP contribution in [0.2, 0.25) is 0 Å². The van der Waals surface area contributed by atoms with Crippen molar-refractivity contribution in [1.29, 1.82) is 0 Å². The Kier molecular flexibility index (Phi) is 3.11. The zero-order valence-electron chi connectivity index (χ0n) is 13.0. The molecule has 6 atom stereocenters. The van der Waals surface area contributed by atoms with Crippen LogP contribution in [0.5, 0.6) is 0 Å². The third-order valence-corrected chi connectivity index (χ3v) is 5.86. The summed E-state index contributed by atoms with van der Waals surface area (Å²) < 4.78 is 11.4. The van der Waals surface area contributed by atoms with Crippen molar-refractivity contribution in [2.45, 2.75) is 52.6 Å². The molecule has 0 bridgehead atoms. The van der Waals surface area contributed by atoms with Crippen molar-refractivity contribution in [3.63, 3.8) is 0 Å². The fraction of sp³-hybridized carbons (Fsp3) is 0.875. The lowest BCUT2D eigenvalue weighted by atomic mass is 9.67. The van der Waals surface area contributed by atoms with Crippen molar-refractivity contribution in [3.05, 3.63) is 11.1 Å². The van der Waals surface area contributed by atoms with E-state index in [9.17, 15) is 10.2 Å². The van der Waals surface area contributed by atoms with E-state index in [1.165, 1.54) is 5.57 Å². The van der Waals surface area contributed by atoms with Crippen LogP contribution in [0, 0.1) is 22.7 Å². The molecule has 1 aliphatic heterocycles. The smallest absolute Gasteiger partial charge is 0.180 e. The highest BCUT2D eigenvalue weighted by atomic mass is 16.7. The molecule has 6 unspecified atom stereocenters. The minimum absolute atomic E-state index is 0.00440. The Morgan fingerprint density at radius 3 is 2.50 bits per heavy atom. The molecule has 0 radical (unpaired) electrons. The summed E-state index contributed by atoms with van der Waals surface area (Å²) in [5.74, 6) is 0.220. The lowest BCUT2D eigenvalue weighted by molar-refractivity contribution is -0.150. The van der Waals surface area contributed by atoms with E-state index in [4.69, 9.17) is 9.47 Å². The second kappa shape index (κ2) is 4.29. The maximum absolute atomic E-state index is 10.9. The molecule has 0 aromatic heterocycles. The first kappa shape index (κ1) is 14.5. The van der Waals surface area contributed by atoms with Crippen LogP contribution >= 0.6 is 0 Å². The molecule has 114 valence electrons. The van der Waals surface area contributed by atoms with E-state index >= 15 is 0 Å². The molecule has 2 aliphatic carbocycles. The number of aliphatic hydroxyl groups excluding tert-OH is 2. The molecule has 0 amide bonds. The van der Waals surface area contributed by atoms with E-state index in [1.54, 1.807) is 7.11 Å². The molecule has 2 N–H and O–H groups in total. The summed E-state index contributed by atoms with van der Waals surface area (Å²) in [6.07, 6.45) is -0.531. The van der Waals surface area contributed by atoms with Gasteiger partial charge in [-0.05, 0) is 23.5 Å². The van der Waals surface area contributed by atoms with Crippen LogP contribution in [-0.4, -0.2) is 42.4 Å². The fourth-order valence-corrected chi connectivity index (χ4v) is 5.00. The average molecular weight is 282 g/mol. The topological polar surface area (TPSA) is 58.9 Å². The van der Waals surface area contributed by atoms with Crippen molar-refractivity contribution in [3.8, 4) is 0 Å². The van der Waals surface area contributed by atoms with E-state index in [2.05, 4.69) is 27.7 Å². The van der Waals surface area contributed by atoms with Crippen LogP contribution in [0.3, 0.4) is 0 Å². The van der Waals surface area contributed by atoms with E-state index in [0.717, 1.165) is 5.57 Å². The summed E-state index contributed by atoms with van der Waals surface area (Å²) in [4.78, 5) is 0. The van der Waals surface area contributed by atoms with Gasteiger partial charge in [-0.1, -0.05) is 27.7 Å². The van der Waals surface area contributed by atoms with Crippen LogP contribution in [0.1, 0.15) is 34.1 Å². The highest BCUT2D eigenvalue weighted by molar-refractivity contribution is 5.41. The third-order valence-electron chi connectivity index (χ3n) is 5.86. The molecular formula is C16H26O4. The normalized spacial score (nSPS) is 50.2. The lowest BCUT2D eigenvalue weighted by Crippen LogP contribution is -2.45. The molecule has 1 saturated carbocycles. The molecular weight excluding hydrogens is 256 g/mol. The van der Waals surface area contributed by atoms with Crippen molar-refractivity contribution in [1.82, 2.24) is 0 Å². The Labute approximate surface area is 120 Å². The average Bonchev–Trinajstić information content (AvgIpc) is 2.53. The first-order valence-electron chi connectivity index (χ1n) is 7.50. The highest BCUT2D eigenvalue weighted by Gasteiger charge is 2.64. The highest BCUT2D eigenvalue weighted by Crippen LogP contribution is 2.63. The Balaban J connectivity index is 2.24. The minimum Gasteiger partial charge on any atom is -0.392 e. The van der Waals surface area contributed by atoms with E-state index in [0.29, 0.717) is 13.0 Å². The number of hydrogen-bond acceptors (Lipinski definition) is 4. The summed E-state index contributed by atoms with van der Waals surface area (Å²) in [6.45, 7) is 8.73. The number of methoxy groups -OCH3 is 1. The van der Waals surface area contributed by atoms with Crippen molar-refractivity contribution >= 4 is 0 Å². The zero-order valence-corrected chi connectivity index (χ0v) is 13.0. The van der Waals surface area contributed by atoms with Gasteiger partial charge in [-0.15, -0.1) is 0 Å².